The Kier molecular flexibility index (Phi) is 4.49. The van der Waals surface area contributed by atoms with E-state index in [1.807, 2.05) is 11.8 Å². The molecule has 2 aliphatic rings. The van der Waals surface area contributed by atoms with Crippen molar-refractivity contribution in [3.05, 3.63) is 29.8 Å². The van der Waals surface area contributed by atoms with E-state index in [2.05, 4.69) is 36.5 Å². The molecule has 1 fully saturated rings. The van der Waals surface area contributed by atoms with E-state index in [4.69, 9.17) is 0 Å². The number of hydrogen-bond acceptors (Lipinski definition) is 2. The normalized spacial score (nSPS) is 25.2. The van der Waals surface area contributed by atoms with Gasteiger partial charge in [0.15, 0.2) is 0 Å². The highest BCUT2D eigenvalue weighted by Gasteiger charge is 2.25. The highest BCUT2D eigenvalue weighted by atomic mass is 32.2. The molecule has 1 aliphatic heterocycles. The molecule has 1 nitrogen and oxygen atoms in total. The zero-order valence-electron chi connectivity index (χ0n) is 11.9. The zero-order valence-corrected chi connectivity index (χ0v) is 12.7. The minimum atomic E-state index is 0.693. The van der Waals surface area contributed by atoms with Gasteiger partial charge in [0.05, 0.1) is 0 Å². The van der Waals surface area contributed by atoms with Gasteiger partial charge >= 0.3 is 0 Å². The first-order chi connectivity index (χ1) is 9.34. The van der Waals surface area contributed by atoms with E-state index in [1.165, 1.54) is 42.8 Å². The summed E-state index contributed by atoms with van der Waals surface area (Å²) in [6.07, 6.45) is 7.21. The van der Waals surface area contributed by atoms with E-state index < -0.39 is 0 Å². The van der Waals surface area contributed by atoms with E-state index in [-0.39, 0.29) is 0 Å². The van der Waals surface area contributed by atoms with Crippen LogP contribution in [0.2, 0.25) is 0 Å². The zero-order chi connectivity index (χ0) is 13.1. The van der Waals surface area contributed by atoms with E-state index >= 15 is 0 Å². The summed E-state index contributed by atoms with van der Waals surface area (Å²) in [6, 6.07) is 9.62. The molecule has 104 valence electrons. The van der Waals surface area contributed by atoms with Gasteiger partial charge in [-0.1, -0.05) is 37.5 Å². The molecular formula is C17H25NS. The van der Waals surface area contributed by atoms with Crippen molar-refractivity contribution in [2.75, 3.05) is 12.3 Å². The lowest BCUT2D eigenvalue weighted by molar-refractivity contribution is 0.280. The molecule has 1 unspecified atom stereocenters. The van der Waals surface area contributed by atoms with Crippen LogP contribution in [0.15, 0.2) is 29.2 Å². The lowest BCUT2D eigenvalue weighted by atomic mass is 9.84. The molecule has 2 heteroatoms. The number of fused-ring (bicyclic) bond motifs is 1. The van der Waals surface area contributed by atoms with Crippen LogP contribution in [0.4, 0.5) is 0 Å². The van der Waals surface area contributed by atoms with Crippen LogP contribution in [-0.2, 0) is 0 Å². The maximum absolute atomic E-state index is 3.82. The lowest BCUT2D eigenvalue weighted by Crippen LogP contribution is -2.37. The summed E-state index contributed by atoms with van der Waals surface area (Å²) in [5, 5.41) is 3.82. The van der Waals surface area contributed by atoms with Crippen molar-refractivity contribution < 1.29 is 0 Å². The minimum Gasteiger partial charge on any atom is -0.313 e. The molecule has 0 amide bonds. The maximum atomic E-state index is 3.82. The summed E-state index contributed by atoms with van der Waals surface area (Å²) in [6.45, 7) is 3.55. The Balaban J connectivity index is 1.52. The second-order valence-corrected chi connectivity index (χ2v) is 7.20. The van der Waals surface area contributed by atoms with Crippen LogP contribution in [0, 0.1) is 5.92 Å². The average Bonchev–Trinajstić information content (AvgIpc) is 2.89. The summed E-state index contributed by atoms with van der Waals surface area (Å²) < 4.78 is 0. The van der Waals surface area contributed by atoms with Crippen molar-refractivity contribution in [2.24, 2.45) is 5.92 Å². The SMILES string of the molecule is C[C@@H](NCC1CSc2ccccc21)C1CCCCC1. The molecule has 2 atom stereocenters. The second-order valence-electron chi connectivity index (χ2n) is 6.14. The van der Waals surface area contributed by atoms with Crippen LogP contribution < -0.4 is 5.32 Å². The third-order valence-corrected chi connectivity index (χ3v) is 6.09. The van der Waals surface area contributed by atoms with Crippen molar-refractivity contribution in [3.63, 3.8) is 0 Å². The van der Waals surface area contributed by atoms with E-state index in [0.29, 0.717) is 12.0 Å². The molecule has 19 heavy (non-hydrogen) atoms. The Morgan fingerprint density at radius 3 is 2.84 bits per heavy atom. The molecule has 1 N–H and O–H groups in total. The summed E-state index contributed by atoms with van der Waals surface area (Å²) >= 11 is 2.02. The predicted molar refractivity (Wildman–Crippen MR) is 83.9 cm³/mol. The molecule has 1 heterocycles. The number of benzene rings is 1. The minimum absolute atomic E-state index is 0.693. The van der Waals surface area contributed by atoms with Gasteiger partial charge in [0, 0.05) is 29.2 Å². The van der Waals surface area contributed by atoms with Crippen molar-refractivity contribution >= 4 is 11.8 Å². The molecule has 0 saturated heterocycles. The van der Waals surface area contributed by atoms with E-state index in [9.17, 15) is 0 Å². The number of hydrogen-bond donors (Lipinski definition) is 1. The molecule has 1 aliphatic carbocycles. The fraction of sp³-hybridized carbons (Fsp3) is 0.647. The fourth-order valence-electron chi connectivity index (χ4n) is 3.53. The molecule has 3 rings (SSSR count). The van der Waals surface area contributed by atoms with Gasteiger partial charge in [0.1, 0.15) is 0 Å². The Morgan fingerprint density at radius 1 is 1.21 bits per heavy atom. The largest absolute Gasteiger partial charge is 0.313 e. The van der Waals surface area contributed by atoms with Crippen molar-refractivity contribution in [2.45, 2.75) is 55.9 Å². The fourth-order valence-corrected chi connectivity index (χ4v) is 4.78. The highest BCUT2D eigenvalue weighted by molar-refractivity contribution is 7.99. The van der Waals surface area contributed by atoms with Gasteiger partial charge in [-0.25, -0.2) is 0 Å². The smallest absolute Gasteiger partial charge is 0.0108 e. The van der Waals surface area contributed by atoms with Crippen LogP contribution in [0.25, 0.3) is 0 Å². The molecule has 1 aromatic rings. The quantitative estimate of drug-likeness (QED) is 0.872. The van der Waals surface area contributed by atoms with Gasteiger partial charge in [-0.2, -0.15) is 0 Å². The van der Waals surface area contributed by atoms with Gasteiger partial charge in [0.2, 0.25) is 0 Å². The summed E-state index contributed by atoms with van der Waals surface area (Å²) in [5.74, 6) is 2.88. The first kappa shape index (κ1) is 13.5. The molecule has 0 spiro atoms. The molecule has 0 radical (unpaired) electrons. The second kappa shape index (κ2) is 6.32. The Morgan fingerprint density at radius 2 is 2.00 bits per heavy atom. The topological polar surface area (TPSA) is 12.0 Å². The Hall–Kier alpha value is -0.470. The summed E-state index contributed by atoms with van der Waals surface area (Å²) in [4.78, 5) is 1.50. The van der Waals surface area contributed by atoms with E-state index in [1.54, 1.807) is 5.56 Å². The molecule has 1 saturated carbocycles. The van der Waals surface area contributed by atoms with Crippen molar-refractivity contribution in [1.82, 2.24) is 5.32 Å². The summed E-state index contributed by atoms with van der Waals surface area (Å²) in [5.41, 5.74) is 1.57. The van der Waals surface area contributed by atoms with Gasteiger partial charge in [-0.3, -0.25) is 0 Å². The number of rotatable bonds is 4. The molecular weight excluding hydrogens is 250 g/mol. The van der Waals surface area contributed by atoms with Gasteiger partial charge < -0.3 is 5.32 Å². The predicted octanol–water partition coefficient (Wildman–Crippen LogP) is 4.43. The van der Waals surface area contributed by atoms with Crippen LogP contribution >= 0.6 is 11.8 Å². The number of thioether (sulfide) groups is 1. The van der Waals surface area contributed by atoms with Gasteiger partial charge in [-0.05, 0) is 37.3 Å². The van der Waals surface area contributed by atoms with Crippen LogP contribution in [0.1, 0.15) is 50.5 Å². The third kappa shape index (κ3) is 3.17. The van der Waals surface area contributed by atoms with Crippen LogP contribution in [-0.4, -0.2) is 18.3 Å². The molecule has 0 aromatic heterocycles. The van der Waals surface area contributed by atoms with Crippen LogP contribution in [0.3, 0.4) is 0 Å². The first-order valence-corrected chi connectivity index (χ1v) is 8.78. The van der Waals surface area contributed by atoms with Crippen molar-refractivity contribution in [3.8, 4) is 0 Å². The first-order valence-electron chi connectivity index (χ1n) is 7.79. The standard InChI is InChI=1S/C17H25NS/c1-13(14-7-3-2-4-8-14)18-11-15-12-19-17-10-6-5-9-16(15)17/h5-6,9-10,13-15,18H,2-4,7-8,11-12H2,1H3/t13-,15?/m1/s1. The van der Waals surface area contributed by atoms with E-state index in [0.717, 1.165) is 12.5 Å². The average molecular weight is 275 g/mol. The Bertz CT molecular complexity index is 411. The van der Waals surface area contributed by atoms with Gasteiger partial charge in [0.25, 0.3) is 0 Å². The van der Waals surface area contributed by atoms with Crippen molar-refractivity contribution in [1.29, 1.82) is 0 Å². The molecule has 1 aromatic carbocycles. The Labute approximate surface area is 121 Å². The third-order valence-electron chi connectivity index (χ3n) is 4.84. The van der Waals surface area contributed by atoms with Gasteiger partial charge in [-0.15, -0.1) is 11.8 Å². The summed E-state index contributed by atoms with van der Waals surface area (Å²) in [7, 11) is 0. The van der Waals surface area contributed by atoms with Crippen LogP contribution in [0.5, 0.6) is 0 Å². The number of nitrogens with one attached hydrogen (secondary N) is 1. The maximum Gasteiger partial charge on any atom is 0.0108 e. The monoisotopic (exact) mass is 275 g/mol. The molecule has 0 bridgehead atoms. The lowest BCUT2D eigenvalue weighted by Gasteiger charge is -2.29. The highest BCUT2D eigenvalue weighted by Crippen LogP contribution is 2.39.